The molecule has 4 nitrogen and oxygen atoms in total. The van der Waals surface area contributed by atoms with E-state index in [0.717, 1.165) is 22.8 Å². The van der Waals surface area contributed by atoms with Gasteiger partial charge in [-0.1, -0.05) is 18.2 Å². The van der Waals surface area contributed by atoms with E-state index < -0.39 is 10.0 Å². The van der Waals surface area contributed by atoms with Gasteiger partial charge < -0.3 is 5.73 Å². The highest BCUT2D eigenvalue weighted by molar-refractivity contribution is 7.99. The van der Waals surface area contributed by atoms with Crippen molar-refractivity contribution in [3.05, 3.63) is 48.5 Å². The smallest absolute Gasteiger partial charge is 0.264 e. The predicted octanol–water partition coefficient (Wildman–Crippen LogP) is 2.96. The fourth-order valence-corrected chi connectivity index (χ4v) is 4.98. The lowest BCUT2D eigenvalue weighted by Crippen LogP contribution is -2.32. The van der Waals surface area contributed by atoms with Gasteiger partial charge in [0, 0.05) is 17.1 Å². The van der Waals surface area contributed by atoms with Crippen molar-refractivity contribution in [1.82, 2.24) is 0 Å². The molecule has 0 radical (unpaired) electrons. The van der Waals surface area contributed by atoms with E-state index in [1.807, 2.05) is 24.3 Å². The van der Waals surface area contributed by atoms with E-state index >= 15 is 0 Å². The Kier molecular flexibility index (Phi) is 3.82. The van der Waals surface area contributed by atoms with Crippen LogP contribution in [0.2, 0.25) is 0 Å². The third-order valence-electron chi connectivity index (χ3n) is 3.34. The van der Waals surface area contributed by atoms with Crippen LogP contribution in [-0.4, -0.2) is 20.7 Å². The second-order valence-electron chi connectivity index (χ2n) is 4.82. The van der Waals surface area contributed by atoms with Crippen LogP contribution in [0.15, 0.2) is 58.3 Å². The zero-order valence-electron chi connectivity index (χ0n) is 11.4. The molecule has 0 spiro atoms. The van der Waals surface area contributed by atoms with E-state index in [1.165, 1.54) is 10.4 Å². The van der Waals surface area contributed by atoms with Crippen molar-refractivity contribution >= 4 is 33.2 Å². The molecular weight excluding hydrogens is 304 g/mol. The number of nitrogens with zero attached hydrogens (tertiary/aromatic N) is 1. The number of fused-ring (bicyclic) bond motifs is 1. The molecular formula is C15H16N2O2S2. The summed E-state index contributed by atoms with van der Waals surface area (Å²) in [5.41, 5.74) is 6.93. The van der Waals surface area contributed by atoms with E-state index in [9.17, 15) is 8.42 Å². The monoisotopic (exact) mass is 320 g/mol. The average Bonchev–Trinajstić information content (AvgIpc) is 2.70. The molecule has 0 saturated heterocycles. The van der Waals surface area contributed by atoms with Crippen LogP contribution in [0, 0.1) is 0 Å². The second kappa shape index (κ2) is 5.61. The Morgan fingerprint density at radius 2 is 1.90 bits per heavy atom. The maximum Gasteiger partial charge on any atom is 0.264 e. The fraction of sp³-hybridized carbons (Fsp3) is 0.200. The van der Waals surface area contributed by atoms with Crippen LogP contribution < -0.4 is 10.0 Å². The van der Waals surface area contributed by atoms with Gasteiger partial charge >= 0.3 is 0 Å². The predicted molar refractivity (Wildman–Crippen MR) is 87.2 cm³/mol. The molecule has 0 aliphatic carbocycles. The molecule has 2 N–H and O–H groups in total. The molecule has 0 aromatic heterocycles. The standard InChI is InChI=1S/C15H16N2O2S2/c16-12-5-3-6-13(11-12)21(18,19)17-9-4-10-20-15-8-2-1-7-14(15)17/h1-3,5-8,11H,4,9-10,16H2. The third kappa shape index (κ3) is 2.73. The number of thioether (sulfide) groups is 1. The molecule has 1 aliphatic rings. The average molecular weight is 320 g/mol. The second-order valence-corrected chi connectivity index (χ2v) is 7.82. The van der Waals surface area contributed by atoms with Crippen LogP contribution in [0.25, 0.3) is 0 Å². The van der Waals surface area contributed by atoms with Crippen molar-refractivity contribution in [2.75, 3.05) is 22.3 Å². The summed E-state index contributed by atoms with van der Waals surface area (Å²) in [6.45, 7) is 0.487. The zero-order valence-corrected chi connectivity index (χ0v) is 13.0. The Hall–Kier alpha value is -1.66. The lowest BCUT2D eigenvalue weighted by atomic mass is 10.3. The molecule has 0 bridgehead atoms. The first kappa shape index (κ1) is 14.3. The molecule has 3 rings (SSSR count). The lowest BCUT2D eigenvalue weighted by molar-refractivity contribution is 0.590. The summed E-state index contributed by atoms with van der Waals surface area (Å²) in [6, 6.07) is 14.1. The van der Waals surface area contributed by atoms with Crippen molar-refractivity contribution in [1.29, 1.82) is 0 Å². The van der Waals surface area contributed by atoms with Gasteiger partial charge in [0.1, 0.15) is 0 Å². The Morgan fingerprint density at radius 1 is 1.10 bits per heavy atom. The summed E-state index contributed by atoms with van der Waals surface area (Å²) < 4.78 is 27.3. The van der Waals surface area contributed by atoms with E-state index in [0.29, 0.717) is 12.2 Å². The van der Waals surface area contributed by atoms with Crippen LogP contribution in [0.3, 0.4) is 0 Å². The summed E-state index contributed by atoms with van der Waals surface area (Å²) >= 11 is 1.70. The van der Waals surface area contributed by atoms with Gasteiger partial charge in [0.25, 0.3) is 10.0 Å². The minimum Gasteiger partial charge on any atom is -0.399 e. The minimum atomic E-state index is -3.58. The van der Waals surface area contributed by atoms with Crippen molar-refractivity contribution in [3.63, 3.8) is 0 Å². The first-order chi connectivity index (χ1) is 10.1. The number of benzene rings is 2. The summed E-state index contributed by atoms with van der Waals surface area (Å²) in [5.74, 6) is 0.917. The molecule has 0 unspecified atom stereocenters. The van der Waals surface area contributed by atoms with Crippen LogP contribution in [0.1, 0.15) is 6.42 Å². The van der Waals surface area contributed by atoms with Gasteiger partial charge in [-0.2, -0.15) is 0 Å². The Balaban J connectivity index is 2.11. The normalized spacial score (nSPS) is 15.3. The zero-order chi connectivity index (χ0) is 14.9. The molecule has 6 heteroatoms. The van der Waals surface area contributed by atoms with Gasteiger partial charge in [0.15, 0.2) is 0 Å². The number of anilines is 2. The van der Waals surface area contributed by atoms with E-state index in [-0.39, 0.29) is 4.90 Å². The SMILES string of the molecule is Nc1cccc(S(=O)(=O)N2CCCSc3ccccc32)c1. The highest BCUT2D eigenvalue weighted by Gasteiger charge is 2.28. The van der Waals surface area contributed by atoms with Gasteiger partial charge in [0.2, 0.25) is 0 Å². The van der Waals surface area contributed by atoms with Crippen molar-refractivity contribution in [2.45, 2.75) is 16.2 Å². The van der Waals surface area contributed by atoms with Crippen molar-refractivity contribution in [2.24, 2.45) is 0 Å². The summed E-state index contributed by atoms with van der Waals surface area (Å²) in [4.78, 5) is 1.24. The molecule has 2 aromatic carbocycles. The minimum absolute atomic E-state index is 0.240. The number of para-hydroxylation sites is 1. The number of rotatable bonds is 2. The molecule has 2 aromatic rings. The molecule has 1 heterocycles. The quantitative estimate of drug-likeness (QED) is 0.864. The van der Waals surface area contributed by atoms with Crippen molar-refractivity contribution in [3.8, 4) is 0 Å². The van der Waals surface area contributed by atoms with Crippen LogP contribution >= 0.6 is 11.8 Å². The van der Waals surface area contributed by atoms with Gasteiger partial charge in [0.05, 0.1) is 10.6 Å². The molecule has 0 amide bonds. The van der Waals surface area contributed by atoms with E-state index in [4.69, 9.17) is 5.73 Å². The number of nitrogen functional groups attached to an aromatic ring is 1. The van der Waals surface area contributed by atoms with Crippen LogP contribution in [0.5, 0.6) is 0 Å². The summed E-state index contributed by atoms with van der Waals surface area (Å²) in [6.07, 6.45) is 0.820. The largest absolute Gasteiger partial charge is 0.399 e. The van der Waals surface area contributed by atoms with Gasteiger partial charge in [-0.15, -0.1) is 11.8 Å². The van der Waals surface area contributed by atoms with E-state index in [1.54, 1.807) is 30.0 Å². The fourth-order valence-electron chi connectivity index (χ4n) is 2.35. The molecule has 0 saturated carbocycles. The first-order valence-electron chi connectivity index (χ1n) is 6.69. The molecule has 0 fully saturated rings. The Morgan fingerprint density at radius 3 is 2.71 bits per heavy atom. The third-order valence-corrected chi connectivity index (χ3v) is 6.30. The molecule has 110 valence electrons. The Bertz CT molecular complexity index is 760. The maximum atomic E-state index is 12.9. The van der Waals surface area contributed by atoms with Gasteiger partial charge in [-0.05, 0) is 42.5 Å². The number of sulfonamides is 1. The first-order valence-corrected chi connectivity index (χ1v) is 9.12. The molecule has 0 atom stereocenters. The van der Waals surface area contributed by atoms with Gasteiger partial charge in [-0.3, -0.25) is 4.31 Å². The number of hydrogen-bond donors (Lipinski definition) is 1. The van der Waals surface area contributed by atoms with Gasteiger partial charge in [-0.25, -0.2) is 8.42 Å². The van der Waals surface area contributed by atoms with Crippen LogP contribution in [-0.2, 0) is 10.0 Å². The number of nitrogens with two attached hydrogens (primary N) is 1. The summed E-state index contributed by atoms with van der Waals surface area (Å²) in [5, 5.41) is 0. The highest BCUT2D eigenvalue weighted by atomic mass is 32.2. The molecule has 21 heavy (non-hydrogen) atoms. The van der Waals surface area contributed by atoms with E-state index in [2.05, 4.69) is 0 Å². The highest BCUT2D eigenvalue weighted by Crippen LogP contribution is 2.36. The van der Waals surface area contributed by atoms with Crippen LogP contribution in [0.4, 0.5) is 11.4 Å². The van der Waals surface area contributed by atoms with Crippen molar-refractivity contribution < 1.29 is 8.42 Å². The molecule has 1 aliphatic heterocycles. The Labute approximate surface area is 129 Å². The summed E-state index contributed by atoms with van der Waals surface area (Å²) in [7, 11) is -3.58. The maximum absolute atomic E-state index is 12.9. The lowest BCUT2D eigenvalue weighted by Gasteiger charge is -2.24. The topological polar surface area (TPSA) is 63.4 Å². The number of hydrogen-bond acceptors (Lipinski definition) is 4.